The number of piperidine rings is 1. The number of hydrogen-bond acceptors (Lipinski definition) is 4. The number of amides is 2. The second-order valence-corrected chi connectivity index (χ2v) is 7.08. The van der Waals surface area contributed by atoms with Crippen molar-refractivity contribution in [2.45, 2.75) is 25.0 Å². The Morgan fingerprint density at radius 3 is 2.68 bits per heavy atom. The molecule has 0 N–H and O–H groups in total. The maximum atomic E-state index is 12.7. The van der Waals surface area contributed by atoms with Crippen LogP contribution in [0.2, 0.25) is 0 Å². The molecule has 4 rings (SSSR count). The third kappa shape index (κ3) is 3.49. The Balaban J connectivity index is 1.52. The Hall–Kier alpha value is -2.81. The number of anilines is 1. The quantitative estimate of drug-likeness (QED) is 0.807. The molecule has 2 fully saturated rings. The van der Waals surface area contributed by atoms with Gasteiger partial charge in [0.1, 0.15) is 12.2 Å². The minimum Gasteiger partial charge on any atom is -0.361 e. The normalized spacial score (nSPS) is 22.9. The fraction of sp³-hybridized carbons (Fsp3) is 0.421. The zero-order valence-electron chi connectivity index (χ0n) is 15.1. The Labute approximate surface area is 160 Å². The number of carbonyl (C=O) groups is 2. The summed E-state index contributed by atoms with van der Waals surface area (Å²) in [5.74, 6) is -0.541. The van der Waals surface area contributed by atoms with Gasteiger partial charge >= 0.3 is 6.55 Å². The standard InChI is InChI=1S/C19H20F2N4O3/c20-18(21)25-10-7-15(22-25)17(27)23-9-4-8-19(12-23)13-24(16(26)11-28-19)14-5-2-1-3-6-14/h1-3,5-7,10,18H,4,8-9,11-13H2. The molecule has 2 amide bonds. The molecule has 2 saturated heterocycles. The summed E-state index contributed by atoms with van der Waals surface area (Å²) >= 11 is 0. The molecule has 0 aliphatic carbocycles. The molecule has 1 unspecified atom stereocenters. The van der Waals surface area contributed by atoms with Gasteiger partial charge in [-0.05, 0) is 31.0 Å². The molecule has 28 heavy (non-hydrogen) atoms. The summed E-state index contributed by atoms with van der Waals surface area (Å²) < 4.78 is 31.8. The highest BCUT2D eigenvalue weighted by molar-refractivity contribution is 5.95. The number of benzene rings is 1. The van der Waals surface area contributed by atoms with Crippen LogP contribution in [0.25, 0.3) is 0 Å². The molecule has 1 aromatic heterocycles. The van der Waals surface area contributed by atoms with Gasteiger partial charge in [-0.2, -0.15) is 13.9 Å². The zero-order chi connectivity index (χ0) is 19.7. The first-order chi connectivity index (χ1) is 13.5. The maximum Gasteiger partial charge on any atom is 0.333 e. The van der Waals surface area contributed by atoms with Crippen molar-refractivity contribution in [3.8, 4) is 0 Å². The lowest BCUT2D eigenvalue weighted by Gasteiger charge is -2.47. The molecule has 148 valence electrons. The van der Waals surface area contributed by atoms with E-state index in [1.54, 1.807) is 9.80 Å². The highest BCUT2D eigenvalue weighted by Gasteiger charge is 2.44. The van der Waals surface area contributed by atoms with E-state index in [1.165, 1.54) is 6.07 Å². The number of para-hydroxylation sites is 1. The smallest absolute Gasteiger partial charge is 0.333 e. The number of likely N-dealkylation sites (tertiary alicyclic amines) is 1. The fourth-order valence-electron chi connectivity index (χ4n) is 3.80. The number of hydrogen-bond donors (Lipinski definition) is 0. The van der Waals surface area contributed by atoms with E-state index in [0.29, 0.717) is 30.6 Å². The van der Waals surface area contributed by atoms with E-state index in [1.807, 2.05) is 30.3 Å². The minimum absolute atomic E-state index is 0.0239. The molecule has 7 nitrogen and oxygen atoms in total. The van der Waals surface area contributed by atoms with Crippen LogP contribution in [0.3, 0.4) is 0 Å². The van der Waals surface area contributed by atoms with E-state index in [-0.39, 0.29) is 24.8 Å². The molecule has 3 heterocycles. The average Bonchev–Trinajstić information content (AvgIpc) is 3.21. The summed E-state index contributed by atoms with van der Waals surface area (Å²) in [7, 11) is 0. The third-order valence-electron chi connectivity index (χ3n) is 5.17. The third-order valence-corrected chi connectivity index (χ3v) is 5.17. The molecule has 0 bridgehead atoms. The van der Waals surface area contributed by atoms with E-state index in [2.05, 4.69) is 5.10 Å². The van der Waals surface area contributed by atoms with Crippen molar-refractivity contribution < 1.29 is 23.1 Å². The molecule has 2 aromatic rings. The van der Waals surface area contributed by atoms with Crippen LogP contribution in [0, 0.1) is 0 Å². The predicted octanol–water partition coefficient (Wildman–Crippen LogP) is 2.32. The van der Waals surface area contributed by atoms with Gasteiger partial charge in [-0.1, -0.05) is 18.2 Å². The lowest BCUT2D eigenvalue weighted by molar-refractivity contribution is -0.144. The van der Waals surface area contributed by atoms with Crippen molar-refractivity contribution >= 4 is 17.5 Å². The van der Waals surface area contributed by atoms with E-state index in [9.17, 15) is 18.4 Å². The minimum atomic E-state index is -2.79. The highest BCUT2D eigenvalue weighted by Crippen LogP contribution is 2.32. The van der Waals surface area contributed by atoms with Crippen molar-refractivity contribution in [2.75, 3.05) is 31.1 Å². The van der Waals surface area contributed by atoms with Crippen molar-refractivity contribution in [2.24, 2.45) is 0 Å². The van der Waals surface area contributed by atoms with Crippen molar-refractivity contribution in [3.63, 3.8) is 0 Å². The first kappa shape index (κ1) is 18.5. The number of morpholine rings is 1. The molecule has 1 spiro atoms. The molecule has 0 saturated carbocycles. The lowest BCUT2D eigenvalue weighted by Crippen LogP contribution is -2.62. The van der Waals surface area contributed by atoms with Gasteiger partial charge < -0.3 is 14.5 Å². The Kier molecular flexibility index (Phi) is 4.84. The Morgan fingerprint density at radius 2 is 1.96 bits per heavy atom. The maximum absolute atomic E-state index is 12.7. The van der Waals surface area contributed by atoms with Crippen molar-refractivity contribution in [1.82, 2.24) is 14.7 Å². The van der Waals surface area contributed by atoms with E-state index >= 15 is 0 Å². The van der Waals surface area contributed by atoms with Crippen molar-refractivity contribution in [3.05, 3.63) is 48.3 Å². The summed E-state index contributed by atoms with van der Waals surface area (Å²) in [6.45, 7) is -1.74. The van der Waals surface area contributed by atoms with Crippen LogP contribution in [0.5, 0.6) is 0 Å². The van der Waals surface area contributed by atoms with Gasteiger partial charge in [0.25, 0.3) is 11.8 Å². The van der Waals surface area contributed by atoms with Gasteiger partial charge in [-0.15, -0.1) is 0 Å². The molecular formula is C19H20F2N4O3. The number of aromatic nitrogens is 2. The summed E-state index contributed by atoms with van der Waals surface area (Å²) in [6, 6.07) is 10.6. The fourth-order valence-corrected chi connectivity index (χ4v) is 3.80. The van der Waals surface area contributed by atoms with Crippen LogP contribution < -0.4 is 4.90 Å². The van der Waals surface area contributed by atoms with Crippen LogP contribution in [0.15, 0.2) is 42.6 Å². The van der Waals surface area contributed by atoms with Gasteiger partial charge in [-0.25, -0.2) is 4.68 Å². The average molecular weight is 390 g/mol. The van der Waals surface area contributed by atoms with Gasteiger partial charge in [0.15, 0.2) is 5.69 Å². The summed E-state index contributed by atoms with van der Waals surface area (Å²) in [5, 5.41) is 3.66. The van der Waals surface area contributed by atoms with Crippen LogP contribution in [0.1, 0.15) is 29.9 Å². The van der Waals surface area contributed by atoms with Crippen LogP contribution >= 0.6 is 0 Å². The molecule has 2 aliphatic rings. The molecule has 9 heteroatoms. The topological polar surface area (TPSA) is 67.7 Å². The van der Waals surface area contributed by atoms with Gasteiger partial charge in [0.2, 0.25) is 0 Å². The molecular weight excluding hydrogens is 370 g/mol. The van der Waals surface area contributed by atoms with E-state index in [0.717, 1.165) is 11.9 Å². The van der Waals surface area contributed by atoms with Crippen molar-refractivity contribution in [1.29, 1.82) is 0 Å². The predicted molar refractivity (Wildman–Crippen MR) is 96.1 cm³/mol. The number of alkyl halides is 2. The molecule has 1 atom stereocenters. The second kappa shape index (κ2) is 7.31. The van der Waals surface area contributed by atoms with Crippen LogP contribution in [-0.2, 0) is 9.53 Å². The SMILES string of the molecule is O=C(c1ccn(C(F)F)n1)N1CCCC2(C1)CN(c1ccccc1)C(=O)CO2. The van der Waals surface area contributed by atoms with E-state index in [4.69, 9.17) is 4.74 Å². The summed E-state index contributed by atoms with van der Waals surface area (Å²) in [6.07, 6.45) is 2.49. The van der Waals surface area contributed by atoms with Gasteiger partial charge in [0, 0.05) is 18.4 Å². The zero-order valence-corrected chi connectivity index (χ0v) is 15.1. The number of carbonyl (C=O) groups excluding carboxylic acids is 2. The first-order valence-electron chi connectivity index (χ1n) is 9.09. The number of nitrogens with zero attached hydrogens (tertiary/aromatic N) is 4. The molecule has 2 aliphatic heterocycles. The van der Waals surface area contributed by atoms with E-state index < -0.39 is 18.1 Å². The Morgan fingerprint density at radius 1 is 1.18 bits per heavy atom. The largest absolute Gasteiger partial charge is 0.361 e. The number of ether oxygens (including phenoxy) is 1. The second-order valence-electron chi connectivity index (χ2n) is 7.08. The monoisotopic (exact) mass is 390 g/mol. The van der Waals surface area contributed by atoms with Gasteiger partial charge in [-0.3, -0.25) is 9.59 Å². The summed E-state index contributed by atoms with van der Waals surface area (Å²) in [5.41, 5.74) is 0.0848. The molecule has 0 radical (unpaired) electrons. The first-order valence-corrected chi connectivity index (χ1v) is 9.09. The summed E-state index contributed by atoms with van der Waals surface area (Å²) in [4.78, 5) is 28.4. The highest BCUT2D eigenvalue weighted by atomic mass is 19.3. The molecule has 1 aromatic carbocycles. The van der Waals surface area contributed by atoms with Crippen LogP contribution in [0.4, 0.5) is 14.5 Å². The Bertz CT molecular complexity index is 873. The van der Waals surface area contributed by atoms with Crippen LogP contribution in [-0.4, -0.2) is 58.3 Å². The number of rotatable bonds is 3. The van der Waals surface area contributed by atoms with Gasteiger partial charge in [0.05, 0.1) is 13.1 Å². The number of halogens is 2. The lowest BCUT2D eigenvalue weighted by atomic mass is 9.90.